The predicted molar refractivity (Wildman–Crippen MR) is 53.6 cm³/mol. The van der Waals surface area contributed by atoms with Crippen LogP contribution < -0.4 is 0 Å². The molecule has 2 aliphatic carbocycles. The Bertz CT molecular complexity index is 241. The second-order valence-corrected chi connectivity index (χ2v) is 4.78. The molecule has 0 aromatic carbocycles. The Hall–Kier alpha value is -0.340. The van der Waals surface area contributed by atoms with Gasteiger partial charge in [-0.3, -0.25) is 0 Å². The van der Waals surface area contributed by atoms with Crippen LogP contribution >= 0.6 is 0 Å². The lowest BCUT2D eigenvalue weighted by Crippen LogP contribution is -2.24. The van der Waals surface area contributed by atoms with Gasteiger partial charge in [0.25, 0.3) is 0 Å². The van der Waals surface area contributed by atoms with Crippen molar-refractivity contribution < 1.29 is 9.78 Å². The molecule has 0 amide bonds. The molecule has 2 unspecified atom stereocenters. The second-order valence-electron chi connectivity index (χ2n) is 4.78. The third kappa shape index (κ3) is 1.41. The molecular weight excluding hydrogens is 176 g/mol. The molecule has 0 N–H and O–H groups in total. The fraction of sp³-hybridized carbons (Fsp3) is 0.833. The van der Waals surface area contributed by atoms with E-state index in [1.54, 1.807) is 0 Å². The molecule has 2 heteroatoms. The summed E-state index contributed by atoms with van der Waals surface area (Å²) in [5, 5.41) is 0. The van der Waals surface area contributed by atoms with E-state index in [0.717, 1.165) is 12.3 Å². The highest BCUT2D eigenvalue weighted by Gasteiger charge is 2.40. The number of hydrogen-bond donors (Lipinski definition) is 0. The molecule has 0 aromatic rings. The molecule has 0 spiro atoms. The van der Waals surface area contributed by atoms with Crippen molar-refractivity contribution in [3.8, 4) is 0 Å². The van der Waals surface area contributed by atoms with Gasteiger partial charge in [-0.1, -0.05) is 25.3 Å². The number of allylic oxidation sites excluding steroid dienone is 1. The number of fused-ring (bicyclic) bond motifs is 1. The Labute approximate surface area is 85.2 Å². The predicted octanol–water partition coefficient (Wildman–Crippen LogP) is 2.99. The van der Waals surface area contributed by atoms with Crippen molar-refractivity contribution >= 4 is 0 Å². The highest BCUT2D eigenvalue weighted by atomic mass is 17.2. The zero-order valence-corrected chi connectivity index (χ0v) is 8.58. The number of hydrogen-bond acceptors (Lipinski definition) is 2. The first-order valence-electron chi connectivity index (χ1n) is 5.97. The first-order chi connectivity index (χ1) is 6.95. The van der Waals surface area contributed by atoms with E-state index in [1.807, 2.05) is 0 Å². The monoisotopic (exact) mass is 194 g/mol. The maximum atomic E-state index is 5.49. The highest BCUT2D eigenvalue weighted by Crippen LogP contribution is 2.40. The normalized spacial score (nSPS) is 38.4. The SMILES string of the molecule is C1=C2C(CC1)OOC2C1CCCCC1. The van der Waals surface area contributed by atoms with Crippen LogP contribution in [0.1, 0.15) is 44.9 Å². The van der Waals surface area contributed by atoms with Crippen molar-refractivity contribution in [2.75, 3.05) is 0 Å². The second kappa shape index (κ2) is 3.67. The highest BCUT2D eigenvalue weighted by molar-refractivity contribution is 5.22. The summed E-state index contributed by atoms with van der Waals surface area (Å²) in [6.07, 6.45) is 12.1. The van der Waals surface area contributed by atoms with E-state index >= 15 is 0 Å². The Morgan fingerprint density at radius 1 is 1.00 bits per heavy atom. The number of rotatable bonds is 1. The summed E-state index contributed by atoms with van der Waals surface area (Å²) in [6.45, 7) is 0. The molecule has 78 valence electrons. The van der Waals surface area contributed by atoms with Gasteiger partial charge < -0.3 is 0 Å². The van der Waals surface area contributed by atoms with Crippen LogP contribution in [0.25, 0.3) is 0 Å². The summed E-state index contributed by atoms with van der Waals surface area (Å²) in [4.78, 5) is 10.9. The van der Waals surface area contributed by atoms with Crippen molar-refractivity contribution in [1.29, 1.82) is 0 Å². The first-order valence-corrected chi connectivity index (χ1v) is 5.97. The van der Waals surface area contributed by atoms with E-state index in [-0.39, 0.29) is 0 Å². The van der Waals surface area contributed by atoms with Gasteiger partial charge in [0.15, 0.2) is 0 Å². The van der Waals surface area contributed by atoms with Crippen LogP contribution in [0.4, 0.5) is 0 Å². The summed E-state index contributed by atoms with van der Waals surface area (Å²) >= 11 is 0. The van der Waals surface area contributed by atoms with Crippen molar-refractivity contribution in [3.63, 3.8) is 0 Å². The van der Waals surface area contributed by atoms with Crippen LogP contribution in [0, 0.1) is 5.92 Å². The van der Waals surface area contributed by atoms with Gasteiger partial charge in [0.2, 0.25) is 0 Å². The molecule has 2 atom stereocenters. The summed E-state index contributed by atoms with van der Waals surface area (Å²) in [7, 11) is 0. The van der Waals surface area contributed by atoms with Gasteiger partial charge in [0.1, 0.15) is 12.2 Å². The lowest BCUT2D eigenvalue weighted by Gasteiger charge is -2.25. The van der Waals surface area contributed by atoms with Crippen LogP contribution in [0.5, 0.6) is 0 Å². The maximum Gasteiger partial charge on any atom is 0.119 e. The molecule has 2 fully saturated rings. The van der Waals surface area contributed by atoms with Gasteiger partial charge in [-0.2, -0.15) is 0 Å². The van der Waals surface area contributed by atoms with Gasteiger partial charge in [-0.05, 0) is 37.2 Å². The zero-order valence-electron chi connectivity index (χ0n) is 8.58. The fourth-order valence-electron chi connectivity index (χ4n) is 3.07. The van der Waals surface area contributed by atoms with Crippen LogP contribution in [-0.4, -0.2) is 12.2 Å². The molecule has 14 heavy (non-hydrogen) atoms. The Morgan fingerprint density at radius 3 is 2.71 bits per heavy atom. The van der Waals surface area contributed by atoms with Crippen LogP contribution in [0.2, 0.25) is 0 Å². The molecular formula is C12H18O2. The average Bonchev–Trinajstić information content (AvgIpc) is 2.79. The average molecular weight is 194 g/mol. The molecule has 1 saturated heterocycles. The van der Waals surface area contributed by atoms with Crippen molar-refractivity contribution in [2.45, 2.75) is 57.2 Å². The van der Waals surface area contributed by atoms with Gasteiger partial charge >= 0.3 is 0 Å². The van der Waals surface area contributed by atoms with Crippen molar-refractivity contribution in [1.82, 2.24) is 0 Å². The van der Waals surface area contributed by atoms with Crippen molar-refractivity contribution in [3.05, 3.63) is 11.6 Å². The van der Waals surface area contributed by atoms with E-state index in [9.17, 15) is 0 Å². The van der Waals surface area contributed by atoms with Gasteiger partial charge in [0, 0.05) is 0 Å². The van der Waals surface area contributed by atoms with Crippen LogP contribution in [0.3, 0.4) is 0 Å². The fourth-order valence-corrected chi connectivity index (χ4v) is 3.07. The van der Waals surface area contributed by atoms with E-state index in [4.69, 9.17) is 9.78 Å². The van der Waals surface area contributed by atoms with Crippen LogP contribution in [0.15, 0.2) is 11.6 Å². The molecule has 0 bridgehead atoms. The minimum absolute atomic E-state index is 0.307. The molecule has 3 aliphatic rings. The Kier molecular flexibility index (Phi) is 2.34. The topological polar surface area (TPSA) is 18.5 Å². The molecule has 3 rings (SSSR count). The smallest absolute Gasteiger partial charge is 0.119 e. The zero-order chi connectivity index (χ0) is 9.38. The summed E-state index contributed by atoms with van der Waals surface area (Å²) in [5.41, 5.74) is 1.46. The molecule has 0 aromatic heterocycles. The van der Waals surface area contributed by atoms with Gasteiger partial charge in [0.05, 0.1) is 0 Å². The molecule has 1 saturated carbocycles. The summed E-state index contributed by atoms with van der Waals surface area (Å²) in [5.74, 6) is 0.734. The Morgan fingerprint density at radius 2 is 1.86 bits per heavy atom. The lowest BCUT2D eigenvalue weighted by atomic mass is 9.82. The van der Waals surface area contributed by atoms with Gasteiger partial charge in [-0.25, -0.2) is 9.78 Å². The van der Waals surface area contributed by atoms with E-state index < -0.39 is 0 Å². The third-order valence-corrected chi connectivity index (χ3v) is 3.86. The third-order valence-electron chi connectivity index (χ3n) is 3.86. The lowest BCUT2D eigenvalue weighted by molar-refractivity contribution is -0.305. The standard InChI is InChI=1S/C12H18O2/c1-2-5-9(6-3-1)12-10-7-4-8-11(10)13-14-12/h7,9,11-12H,1-6,8H2. The largest absolute Gasteiger partial charge is 0.228 e. The van der Waals surface area contributed by atoms with Gasteiger partial charge in [-0.15, -0.1) is 0 Å². The minimum atomic E-state index is 0.307. The van der Waals surface area contributed by atoms with E-state index in [1.165, 1.54) is 44.1 Å². The summed E-state index contributed by atoms with van der Waals surface area (Å²) in [6, 6.07) is 0. The van der Waals surface area contributed by atoms with E-state index in [0.29, 0.717) is 12.2 Å². The van der Waals surface area contributed by atoms with Crippen LogP contribution in [-0.2, 0) is 9.78 Å². The minimum Gasteiger partial charge on any atom is -0.228 e. The first kappa shape index (κ1) is 8.93. The van der Waals surface area contributed by atoms with E-state index in [2.05, 4.69) is 6.08 Å². The molecule has 2 nitrogen and oxygen atoms in total. The molecule has 0 radical (unpaired) electrons. The maximum absolute atomic E-state index is 5.49. The molecule has 1 heterocycles. The quantitative estimate of drug-likeness (QED) is 0.472. The Balaban J connectivity index is 1.72. The van der Waals surface area contributed by atoms with Crippen molar-refractivity contribution in [2.24, 2.45) is 5.92 Å². The summed E-state index contributed by atoms with van der Waals surface area (Å²) < 4.78 is 0. The molecule has 1 aliphatic heterocycles.